The van der Waals surface area contributed by atoms with Crippen molar-refractivity contribution in [3.63, 3.8) is 0 Å². The first-order valence-electron chi connectivity index (χ1n) is 2.95. The van der Waals surface area contributed by atoms with Crippen molar-refractivity contribution in [2.45, 2.75) is 18.2 Å². The molecule has 2 saturated heterocycles. The lowest BCUT2D eigenvalue weighted by Crippen LogP contribution is -2.48. The molecule has 0 aliphatic carbocycles. The van der Waals surface area contributed by atoms with E-state index in [1.807, 2.05) is 0 Å². The zero-order valence-corrected chi connectivity index (χ0v) is 4.89. The van der Waals surface area contributed by atoms with Crippen LogP contribution in [0.3, 0.4) is 0 Å². The molecule has 0 spiro atoms. The zero-order chi connectivity index (χ0) is 6.48. The molecule has 2 heterocycles. The normalized spacial score (nSPS) is 47.7. The van der Waals surface area contributed by atoms with Crippen LogP contribution >= 0.6 is 0 Å². The number of nitrogens with one attached hydrogen (secondary N) is 1. The summed E-state index contributed by atoms with van der Waals surface area (Å²) in [7, 11) is 0. The number of carbonyl (C=O) groups excluding carboxylic acids is 1. The molecule has 9 heavy (non-hydrogen) atoms. The van der Waals surface area contributed by atoms with Crippen LogP contribution in [-0.2, 0) is 9.53 Å². The molecule has 2 bridgehead atoms. The van der Waals surface area contributed by atoms with Crippen LogP contribution in [0.5, 0.6) is 0 Å². The van der Waals surface area contributed by atoms with Crippen molar-refractivity contribution in [3.8, 4) is 0 Å². The van der Waals surface area contributed by atoms with Gasteiger partial charge >= 0.3 is 5.97 Å². The summed E-state index contributed by atoms with van der Waals surface area (Å²) >= 11 is 0. The maximum Gasteiger partial charge on any atom is 0.325 e. The Hall–Kier alpha value is -0.610. The molecule has 0 amide bonds. The lowest BCUT2D eigenvalue weighted by atomic mass is 10.2. The number of hydrogen-bond donors (Lipinski definition) is 2. The molecule has 50 valence electrons. The molecule has 2 rings (SSSR count). The molecule has 0 saturated carbocycles. The summed E-state index contributed by atoms with van der Waals surface area (Å²) in [6.07, 6.45) is 0.631. The molecule has 2 aliphatic heterocycles. The first-order valence-corrected chi connectivity index (χ1v) is 2.95. The maximum atomic E-state index is 10.7. The third kappa shape index (κ3) is 0.571. The monoisotopic (exact) mass is 128 g/mol. The van der Waals surface area contributed by atoms with Crippen LogP contribution in [0.25, 0.3) is 0 Å². The van der Waals surface area contributed by atoms with E-state index in [1.54, 1.807) is 0 Å². The minimum atomic E-state index is -0.679. The number of hydrogen-bond acceptors (Lipinski definition) is 4. The van der Waals surface area contributed by atoms with Gasteiger partial charge < -0.3 is 4.74 Å². The first kappa shape index (κ1) is 5.20. The molecular formula is C5H8N2O2. The average molecular weight is 128 g/mol. The van der Waals surface area contributed by atoms with Crippen LogP contribution in [-0.4, -0.2) is 24.3 Å². The van der Waals surface area contributed by atoms with Crippen molar-refractivity contribution in [1.29, 1.82) is 0 Å². The number of carbonyl (C=O) groups is 1. The minimum Gasteiger partial charge on any atom is -0.441 e. The average Bonchev–Trinajstić information content (AvgIpc) is 2.20. The summed E-state index contributed by atoms with van der Waals surface area (Å²) in [5.41, 5.74) is 4.91. The number of nitrogens with two attached hydrogens (primary N) is 1. The largest absolute Gasteiger partial charge is 0.441 e. The van der Waals surface area contributed by atoms with Crippen molar-refractivity contribution < 1.29 is 9.53 Å². The zero-order valence-electron chi connectivity index (χ0n) is 4.89. The Bertz CT molecular complexity index is 170. The van der Waals surface area contributed by atoms with Gasteiger partial charge in [0.2, 0.25) is 0 Å². The Labute approximate surface area is 52.4 Å². The number of esters is 1. The second-order valence-corrected chi connectivity index (χ2v) is 2.62. The Morgan fingerprint density at radius 3 is 2.89 bits per heavy atom. The van der Waals surface area contributed by atoms with Gasteiger partial charge in [-0.3, -0.25) is 15.8 Å². The van der Waals surface area contributed by atoms with Gasteiger partial charge in [-0.1, -0.05) is 0 Å². The second-order valence-electron chi connectivity index (χ2n) is 2.62. The quantitative estimate of drug-likeness (QED) is 0.392. The van der Waals surface area contributed by atoms with E-state index >= 15 is 0 Å². The van der Waals surface area contributed by atoms with Gasteiger partial charge in [0.15, 0.2) is 5.72 Å². The molecule has 2 aliphatic rings. The number of fused-ring (bicyclic) bond motifs is 2. The topological polar surface area (TPSA) is 64.3 Å². The molecule has 4 heteroatoms. The van der Waals surface area contributed by atoms with E-state index in [0.29, 0.717) is 13.0 Å². The smallest absolute Gasteiger partial charge is 0.325 e. The highest BCUT2D eigenvalue weighted by molar-refractivity contribution is 5.79. The van der Waals surface area contributed by atoms with Crippen molar-refractivity contribution in [2.75, 3.05) is 6.54 Å². The molecule has 2 atom stereocenters. The minimum absolute atomic E-state index is 0.130. The van der Waals surface area contributed by atoms with Crippen LogP contribution in [0.4, 0.5) is 0 Å². The molecule has 2 fully saturated rings. The van der Waals surface area contributed by atoms with Gasteiger partial charge in [-0.2, -0.15) is 0 Å². The lowest BCUT2D eigenvalue weighted by molar-refractivity contribution is -0.152. The molecule has 0 aromatic carbocycles. The number of rotatable bonds is 0. The summed E-state index contributed by atoms with van der Waals surface area (Å²) in [5, 5.41) is 2.95. The summed E-state index contributed by atoms with van der Waals surface area (Å²) in [6, 6.07) is -0.130. The van der Waals surface area contributed by atoms with E-state index in [2.05, 4.69) is 5.32 Å². The number of morpholine rings is 1. The highest BCUT2D eigenvalue weighted by atomic mass is 16.6. The molecule has 4 nitrogen and oxygen atoms in total. The Morgan fingerprint density at radius 1 is 1.89 bits per heavy atom. The van der Waals surface area contributed by atoms with Crippen LogP contribution in [0.1, 0.15) is 6.42 Å². The molecule has 0 radical (unpaired) electrons. The van der Waals surface area contributed by atoms with E-state index in [-0.39, 0.29) is 12.0 Å². The first-order chi connectivity index (χ1) is 4.20. The second kappa shape index (κ2) is 1.27. The standard InChI is InChI=1S/C5H8N2O2/c6-5-1-3(7-2-5)4(8)9-5/h3,7H,1-2,6H2. The highest BCUT2D eigenvalue weighted by Crippen LogP contribution is 2.26. The molecule has 0 aromatic rings. The van der Waals surface area contributed by atoms with E-state index in [4.69, 9.17) is 10.5 Å². The summed E-state index contributed by atoms with van der Waals surface area (Å²) in [6.45, 7) is 0.601. The van der Waals surface area contributed by atoms with Crippen LogP contribution in [0.2, 0.25) is 0 Å². The Morgan fingerprint density at radius 2 is 2.67 bits per heavy atom. The third-order valence-electron chi connectivity index (χ3n) is 1.79. The van der Waals surface area contributed by atoms with Crippen molar-refractivity contribution in [1.82, 2.24) is 5.32 Å². The van der Waals surface area contributed by atoms with E-state index in [1.165, 1.54) is 0 Å². The summed E-state index contributed by atoms with van der Waals surface area (Å²) in [5.74, 6) is -0.205. The van der Waals surface area contributed by atoms with Crippen molar-refractivity contribution >= 4 is 5.97 Å². The van der Waals surface area contributed by atoms with E-state index < -0.39 is 5.72 Å². The molecule has 3 N–H and O–H groups in total. The molecule has 2 unspecified atom stereocenters. The predicted octanol–water partition coefficient (Wildman–Crippen LogP) is -1.44. The van der Waals surface area contributed by atoms with Gasteiger partial charge in [0, 0.05) is 6.42 Å². The maximum absolute atomic E-state index is 10.7. The fourth-order valence-corrected chi connectivity index (χ4v) is 1.30. The third-order valence-corrected chi connectivity index (χ3v) is 1.79. The van der Waals surface area contributed by atoms with Gasteiger partial charge in [-0.25, -0.2) is 0 Å². The molecular weight excluding hydrogens is 120 g/mol. The van der Waals surface area contributed by atoms with Crippen LogP contribution in [0, 0.1) is 0 Å². The highest BCUT2D eigenvalue weighted by Gasteiger charge is 2.49. The SMILES string of the molecule is NC12CNC(C1)C(=O)O2. The van der Waals surface area contributed by atoms with Gasteiger partial charge in [-0.15, -0.1) is 0 Å². The van der Waals surface area contributed by atoms with Crippen molar-refractivity contribution in [2.24, 2.45) is 5.73 Å². The van der Waals surface area contributed by atoms with Gasteiger partial charge in [0.1, 0.15) is 6.04 Å². The predicted molar refractivity (Wildman–Crippen MR) is 29.4 cm³/mol. The summed E-state index contributed by atoms with van der Waals surface area (Å²) in [4.78, 5) is 10.7. The van der Waals surface area contributed by atoms with Gasteiger partial charge in [-0.05, 0) is 0 Å². The Kier molecular flexibility index (Phi) is 0.736. The van der Waals surface area contributed by atoms with Gasteiger partial charge in [0.05, 0.1) is 6.54 Å². The van der Waals surface area contributed by atoms with Crippen LogP contribution in [0.15, 0.2) is 0 Å². The lowest BCUT2D eigenvalue weighted by Gasteiger charge is -2.20. The molecule has 0 aromatic heterocycles. The number of ether oxygens (including phenoxy) is 1. The van der Waals surface area contributed by atoms with Crippen molar-refractivity contribution in [3.05, 3.63) is 0 Å². The Balaban J connectivity index is 2.28. The van der Waals surface area contributed by atoms with E-state index in [9.17, 15) is 4.79 Å². The van der Waals surface area contributed by atoms with E-state index in [0.717, 1.165) is 0 Å². The van der Waals surface area contributed by atoms with Crippen LogP contribution < -0.4 is 11.1 Å². The fraction of sp³-hybridized carbons (Fsp3) is 0.800. The summed E-state index contributed by atoms with van der Waals surface area (Å²) < 4.78 is 4.82. The van der Waals surface area contributed by atoms with Gasteiger partial charge in [0.25, 0.3) is 0 Å². The fourth-order valence-electron chi connectivity index (χ4n) is 1.30.